The summed E-state index contributed by atoms with van der Waals surface area (Å²) in [5, 5.41) is 0.260. The molecule has 0 fully saturated rings. The standard InChI is InChI=1S/C13H13ClN2O2S/c1-9-5-7-10(8-6-9)19(17,18)16-13-11(14)3-2-4-12(13)15/h2-8,16H,15H2,1H3. The van der Waals surface area contributed by atoms with Crippen LogP contribution in [0.4, 0.5) is 11.4 Å². The summed E-state index contributed by atoms with van der Waals surface area (Å²) in [5.41, 5.74) is 7.18. The number of nitrogens with one attached hydrogen (secondary N) is 1. The SMILES string of the molecule is Cc1ccc(S(=O)(=O)Nc2c(N)cccc2Cl)cc1. The van der Waals surface area contributed by atoms with E-state index in [2.05, 4.69) is 4.72 Å². The molecular weight excluding hydrogens is 284 g/mol. The van der Waals surface area contributed by atoms with Crippen LogP contribution in [0.25, 0.3) is 0 Å². The fraction of sp³-hybridized carbons (Fsp3) is 0.0769. The molecule has 0 spiro atoms. The smallest absolute Gasteiger partial charge is 0.262 e. The zero-order valence-electron chi connectivity index (χ0n) is 10.2. The minimum atomic E-state index is -3.69. The Hall–Kier alpha value is -1.72. The first-order chi connectivity index (χ1) is 8.90. The second-order valence-corrected chi connectivity index (χ2v) is 6.21. The first-order valence-corrected chi connectivity index (χ1v) is 7.40. The number of nitrogens with two attached hydrogens (primary N) is 1. The maximum absolute atomic E-state index is 12.2. The minimum absolute atomic E-state index is 0.164. The summed E-state index contributed by atoms with van der Waals surface area (Å²) in [5.74, 6) is 0. The van der Waals surface area contributed by atoms with E-state index in [1.807, 2.05) is 6.92 Å². The number of anilines is 2. The normalized spacial score (nSPS) is 11.3. The average molecular weight is 297 g/mol. The monoisotopic (exact) mass is 296 g/mol. The first-order valence-electron chi connectivity index (χ1n) is 5.53. The fourth-order valence-electron chi connectivity index (χ4n) is 1.56. The van der Waals surface area contributed by atoms with E-state index in [9.17, 15) is 8.42 Å². The predicted octanol–water partition coefficient (Wildman–Crippen LogP) is 3.03. The Kier molecular flexibility index (Phi) is 3.68. The number of hydrogen-bond donors (Lipinski definition) is 2. The summed E-state index contributed by atoms with van der Waals surface area (Å²) in [4.78, 5) is 0.164. The molecule has 2 aromatic rings. The van der Waals surface area contributed by atoms with Crippen LogP contribution < -0.4 is 10.5 Å². The van der Waals surface area contributed by atoms with Crippen molar-refractivity contribution in [1.82, 2.24) is 0 Å². The van der Waals surface area contributed by atoms with Gasteiger partial charge in [0.25, 0.3) is 10.0 Å². The van der Waals surface area contributed by atoms with Crippen LogP contribution in [0.1, 0.15) is 5.56 Å². The molecule has 0 aliphatic carbocycles. The molecule has 0 radical (unpaired) electrons. The average Bonchev–Trinajstić information content (AvgIpc) is 2.35. The molecule has 2 rings (SSSR count). The van der Waals surface area contributed by atoms with E-state index in [-0.39, 0.29) is 21.3 Å². The van der Waals surface area contributed by atoms with Crippen molar-refractivity contribution in [2.24, 2.45) is 0 Å². The van der Waals surface area contributed by atoms with E-state index in [0.717, 1.165) is 5.56 Å². The summed E-state index contributed by atoms with van der Waals surface area (Å²) in [6.07, 6.45) is 0. The van der Waals surface area contributed by atoms with Gasteiger partial charge in [-0.2, -0.15) is 0 Å². The summed E-state index contributed by atoms with van der Waals surface area (Å²) < 4.78 is 26.8. The number of halogens is 1. The van der Waals surface area contributed by atoms with Crippen molar-refractivity contribution in [2.75, 3.05) is 10.5 Å². The largest absolute Gasteiger partial charge is 0.397 e. The van der Waals surface area contributed by atoms with Crippen molar-refractivity contribution in [3.05, 3.63) is 53.1 Å². The molecule has 0 amide bonds. The van der Waals surface area contributed by atoms with E-state index < -0.39 is 10.0 Å². The first kappa shape index (κ1) is 13.7. The maximum atomic E-state index is 12.2. The van der Waals surface area contributed by atoms with Crippen LogP contribution in [0, 0.1) is 6.92 Å². The van der Waals surface area contributed by atoms with Crippen LogP contribution in [0.3, 0.4) is 0 Å². The molecular formula is C13H13ClN2O2S. The molecule has 0 bridgehead atoms. The quantitative estimate of drug-likeness (QED) is 0.855. The van der Waals surface area contributed by atoms with Crippen LogP contribution in [-0.2, 0) is 10.0 Å². The topological polar surface area (TPSA) is 72.2 Å². The molecule has 0 unspecified atom stereocenters. The van der Waals surface area contributed by atoms with Gasteiger partial charge in [0, 0.05) is 0 Å². The van der Waals surface area contributed by atoms with E-state index in [4.69, 9.17) is 17.3 Å². The third-order valence-corrected chi connectivity index (χ3v) is 4.29. The van der Waals surface area contributed by atoms with Crippen LogP contribution in [0.5, 0.6) is 0 Å². The molecule has 0 atom stereocenters. The highest BCUT2D eigenvalue weighted by molar-refractivity contribution is 7.92. The fourth-order valence-corrected chi connectivity index (χ4v) is 2.95. The molecule has 4 nitrogen and oxygen atoms in total. The van der Waals surface area contributed by atoms with Crippen molar-refractivity contribution >= 4 is 33.0 Å². The number of rotatable bonds is 3. The Morgan fingerprint density at radius 3 is 2.32 bits per heavy atom. The predicted molar refractivity (Wildman–Crippen MR) is 77.9 cm³/mol. The lowest BCUT2D eigenvalue weighted by molar-refractivity contribution is 0.601. The summed E-state index contributed by atoms with van der Waals surface area (Å²) >= 11 is 5.94. The van der Waals surface area contributed by atoms with E-state index in [1.165, 1.54) is 12.1 Å². The van der Waals surface area contributed by atoms with Gasteiger partial charge in [0.2, 0.25) is 0 Å². The number of benzene rings is 2. The van der Waals surface area contributed by atoms with E-state index in [1.54, 1.807) is 30.3 Å². The molecule has 2 aromatic carbocycles. The van der Waals surface area contributed by atoms with Crippen molar-refractivity contribution in [3.8, 4) is 0 Å². The van der Waals surface area contributed by atoms with Crippen LogP contribution >= 0.6 is 11.6 Å². The molecule has 3 N–H and O–H groups in total. The van der Waals surface area contributed by atoms with E-state index in [0.29, 0.717) is 0 Å². The van der Waals surface area contributed by atoms with Gasteiger partial charge in [-0.25, -0.2) is 8.42 Å². The van der Waals surface area contributed by atoms with Crippen LogP contribution in [0.15, 0.2) is 47.4 Å². The lowest BCUT2D eigenvalue weighted by Gasteiger charge is -2.11. The number of para-hydroxylation sites is 1. The Labute approximate surface area is 117 Å². The lowest BCUT2D eigenvalue weighted by atomic mass is 10.2. The number of hydrogen-bond acceptors (Lipinski definition) is 3. The van der Waals surface area contributed by atoms with Crippen molar-refractivity contribution in [2.45, 2.75) is 11.8 Å². The van der Waals surface area contributed by atoms with Gasteiger partial charge in [0.1, 0.15) is 0 Å². The van der Waals surface area contributed by atoms with Gasteiger partial charge < -0.3 is 5.73 Å². The summed E-state index contributed by atoms with van der Waals surface area (Å²) in [6.45, 7) is 1.88. The zero-order chi connectivity index (χ0) is 14.0. The second kappa shape index (κ2) is 5.11. The molecule has 0 saturated heterocycles. The minimum Gasteiger partial charge on any atom is -0.397 e. The van der Waals surface area contributed by atoms with Crippen LogP contribution in [-0.4, -0.2) is 8.42 Å². The molecule has 6 heteroatoms. The second-order valence-electron chi connectivity index (χ2n) is 4.12. The zero-order valence-corrected chi connectivity index (χ0v) is 11.8. The third-order valence-electron chi connectivity index (χ3n) is 2.61. The summed E-state index contributed by atoms with van der Waals surface area (Å²) in [6, 6.07) is 11.3. The van der Waals surface area contributed by atoms with E-state index >= 15 is 0 Å². The molecule has 0 aliphatic heterocycles. The van der Waals surface area contributed by atoms with Gasteiger partial charge in [-0.1, -0.05) is 35.4 Å². The highest BCUT2D eigenvalue weighted by Crippen LogP contribution is 2.30. The van der Waals surface area contributed by atoms with Gasteiger partial charge in [-0.05, 0) is 31.2 Å². The molecule has 0 aliphatic rings. The molecule has 100 valence electrons. The molecule has 0 heterocycles. The van der Waals surface area contributed by atoms with Crippen molar-refractivity contribution < 1.29 is 8.42 Å². The highest BCUT2D eigenvalue weighted by Gasteiger charge is 2.16. The van der Waals surface area contributed by atoms with Gasteiger partial charge in [0.05, 0.1) is 21.3 Å². The van der Waals surface area contributed by atoms with Gasteiger partial charge >= 0.3 is 0 Å². The van der Waals surface area contributed by atoms with Gasteiger partial charge in [-0.15, -0.1) is 0 Å². The highest BCUT2D eigenvalue weighted by atomic mass is 35.5. The van der Waals surface area contributed by atoms with Gasteiger partial charge in [0.15, 0.2) is 0 Å². The number of sulfonamides is 1. The Bertz CT molecular complexity index is 677. The van der Waals surface area contributed by atoms with Gasteiger partial charge in [-0.3, -0.25) is 4.72 Å². The van der Waals surface area contributed by atoms with Crippen LogP contribution in [0.2, 0.25) is 5.02 Å². The third kappa shape index (κ3) is 3.00. The Morgan fingerprint density at radius 2 is 1.74 bits per heavy atom. The summed E-state index contributed by atoms with van der Waals surface area (Å²) in [7, 11) is -3.69. The lowest BCUT2D eigenvalue weighted by Crippen LogP contribution is -2.14. The van der Waals surface area contributed by atoms with Crippen molar-refractivity contribution in [1.29, 1.82) is 0 Å². The Morgan fingerprint density at radius 1 is 1.11 bits per heavy atom. The molecule has 0 saturated carbocycles. The molecule has 0 aromatic heterocycles. The Balaban J connectivity index is 2.39. The number of aryl methyl sites for hydroxylation is 1. The van der Waals surface area contributed by atoms with Crippen molar-refractivity contribution in [3.63, 3.8) is 0 Å². The molecule has 19 heavy (non-hydrogen) atoms. The number of nitrogen functional groups attached to an aromatic ring is 1. The maximum Gasteiger partial charge on any atom is 0.262 e.